The lowest BCUT2D eigenvalue weighted by Gasteiger charge is -2.10. The molecule has 17 heavy (non-hydrogen) atoms. The van der Waals surface area contributed by atoms with E-state index in [1.807, 2.05) is 0 Å². The van der Waals surface area contributed by atoms with E-state index in [-0.39, 0.29) is 23.8 Å². The number of carbonyl (C=O) groups excluding carboxylic acids is 1. The largest absolute Gasteiger partial charge is 0.573 e. The van der Waals surface area contributed by atoms with E-state index in [0.717, 1.165) is 12.1 Å². The molecule has 1 aromatic rings. The molecule has 1 aromatic carbocycles. The average molecular weight is 332 g/mol. The number of ether oxygens (including phenoxy) is 1. The molecule has 0 amide bonds. The zero-order chi connectivity index (χ0) is 13.1. The Balaban J connectivity index is 2.83. The lowest BCUT2D eigenvalue weighted by Crippen LogP contribution is -2.17. The molecule has 0 atom stereocenters. The van der Waals surface area contributed by atoms with Gasteiger partial charge in [-0.15, -0.1) is 24.8 Å². The quantitative estimate of drug-likeness (QED) is 0.787. The molecule has 0 fully saturated rings. The van der Waals surface area contributed by atoms with Crippen LogP contribution in [0.25, 0.3) is 0 Å². The third kappa shape index (κ3) is 4.95. The topological polar surface area (TPSA) is 26.3 Å². The standard InChI is InChI=1S/C10H7BrClF3O2/c11-9-4-8(17-10(13,14)15)2-1-6(9)3-7(16)5-12/h1-2,4H,3,5H2. The normalized spacial score (nSPS) is 11.4. The average Bonchev–Trinajstić information content (AvgIpc) is 2.19. The lowest BCUT2D eigenvalue weighted by molar-refractivity contribution is -0.274. The van der Waals surface area contributed by atoms with Gasteiger partial charge in [0, 0.05) is 10.9 Å². The van der Waals surface area contributed by atoms with Gasteiger partial charge in [0.05, 0.1) is 5.88 Å². The van der Waals surface area contributed by atoms with Gasteiger partial charge in [-0.1, -0.05) is 22.0 Å². The van der Waals surface area contributed by atoms with E-state index in [4.69, 9.17) is 11.6 Å². The Kier molecular flexibility index (Phi) is 4.82. The van der Waals surface area contributed by atoms with Gasteiger partial charge in [-0.2, -0.15) is 0 Å². The molecule has 1 rings (SSSR count). The summed E-state index contributed by atoms with van der Waals surface area (Å²) in [7, 11) is 0. The molecule has 0 N–H and O–H groups in total. The summed E-state index contributed by atoms with van der Waals surface area (Å²) >= 11 is 8.40. The minimum absolute atomic E-state index is 0.0659. The van der Waals surface area contributed by atoms with Gasteiger partial charge in [0.15, 0.2) is 5.78 Å². The molecule has 0 saturated carbocycles. The van der Waals surface area contributed by atoms with Crippen LogP contribution >= 0.6 is 27.5 Å². The molecule has 0 spiro atoms. The summed E-state index contributed by atoms with van der Waals surface area (Å²) < 4.78 is 39.9. The van der Waals surface area contributed by atoms with Crippen molar-refractivity contribution in [2.45, 2.75) is 12.8 Å². The van der Waals surface area contributed by atoms with E-state index in [0.29, 0.717) is 10.0 Å². The van der Waals surface area contributed by atoms with Crippen LogP contribution in [0, 0.1) is 0 Å². The van der Waals surface area contributed by atoms with Gasteiger partial charge in [0.25, 0.3) is 0 Å². The SMILES string of the molecule is O=C(CCl)Cc1ccc(OC(F)(F)F)cc1Br. The second-order valence-electron chi connectivity index (χ2n) is 3.15. The predicted octanol–water partition coefficient (Wildman–Crippen LogP) is 3.70. The van der Waals surface area contributed by atoms with Gasteiger partial charge in [-0.05, 0) is 17.7 Å². The second kappa shape index (κ2) is 5.73. The molecule has 0 saturated heterocycles. The summed E-state index contributed by atoms with van der Waals surface area (Å²) in [5.41, 5.74) is 0.560. The molecule has 94 valence electrons. The van der Waals surface area contributed by atoms with E-state index < -0.39 is 6.36 Å². The number of carbonyl (C=O) groups is 1. The number of Topliss-reactive ketones (excluding diaryl/α,β-unsaturated/α-hetero) is 1. The zero-order valence-electron chi connectivity index (χ0n) is 8.35. The second-order valence-corrected chi connectivity index (χ2v) is 4.27. The Morgan fingerprint density at radius 1 is 1.41 bits per heavy atom. The molecule has 0 aliphatic heterocycles. The van der Waals surface area contributed by atoms with E-state index in [9.17, 15) is 18.0 Å². The number of halogens is 5. The lowest BCUT2D eigenvalue weighted by atomic mass is 10.1. The third-order valence-corrected chi connectivity index (χ3v) is 2.83. The molecule has 0 aliphatic rings. The van der Waals surface area contributed by atoms with Crippen molar-refractivity contribution >= 4 is 33.3 Å². The zero-order valence-corrected chi connectivity index (χ0v) is 10.7. The highest BCUT2D eigenvalue weighted by molar-refractivity contribution is 9.10. The monoisotopic (exact) mass is 330 g/mol. The van der Waals surface area contributed by atoms with Gasteiger partial charge in [0.1, 0.15) is 5.75 Å². The van der Waals surface area contributed by atoms with Gasteiger partial charge >= 0.3 is 6.36 Å². The Labute approximate surface area is 109 Å². The van der Waals surface area contributed by atoms with Crippen LogP contribution in [-0.4, -0.2) is 18.0 Å². The van der Waals surface area contributed by atoms with Crippen LogP contribution in [0.15, 0.2) is 22.7 Å². The fourth-order valence-corrected chi connectivity index (χ4v) is 1.72. The Hall–Kier alpha value is -0.750. The first-order valence-electron chi connectivity index (χ1n) is 4.43. The summed E-state index contributed by atoms with van der Waals surface area (Å²) in [4.78, 5) is 11.1. The maximum atomic E-state index is 11.9. The van der Waals surface area contributed by atoms with Gasteiger partial charge in [-0.25, -0.2) is 0 Å². The number of hydrogen-bond acceptors (Lipinski definition) is 2. The van der Waals surface area contributed by atoms with Gasteiger partial charge in [-0.3, -0.25) is 4.79 Å². The van der Waals surface area contributed by atoms with Crippen molar-refractivity contribution in [3.63, 3.8) is 0 Å². The fourth-order valence-electron chi connectivity index (χ4n) is 1.13. The van der Waals surface area contributed by atoms with Crippen LogP contribution in [0.1, 0.15) is 5.56 Å². The van der Waals surface area contributed by atoms with Crippen molar-refractivity contribution in [1.82, 2.24) is 0 Å². The maximum Gasteiger partial charge on any atom is 0.573 e. The van der Waals surface area contributed by atoms with Crippen molar-refractivity contribution in [2.24, 2.45) is 0 Å². The summed E-state index contributed by atoms with van der Waals surface area (Å²) in [6.07, 6.45) is -4.66. The summed E-state index contributed by atoms with van der Waals surface area (Å²) in [6, 6.07) is 3.69. The van der Waals surface area contributed by atoms with Crippen LogP contribution in [0.2, 0.25) is 0 Å². The first kappa shape index (κ1) is 14.3. The summed E-state index contributed by atoms with van der Waals surface area (Å²) in [6.45, 7) is 0. The number of rotatable bonds is 4. The van der Waals surface area contributed by atoms with Crippen molar-refractivity contribution < 1.29 is 22.7 Å². The van der Waals surface area contributed by atoms with Crippen LogP contribution in [0.5, 0.6) is 5.75 Å². The van der Waals surface area contributed by atoms with E-state index in [2.05, 4.69) is 20.7 Å². The summed E-state index contributed by atoms with van der Waals surface area (Å²) in [5.74, 6) is -0.684. The van der Waals surface area contributed by atoms with Crippen LogP contribution < -0.4 is 4.74 Å². The van der Waals surface area contributed by atoms with Crippen molar-refractivity contribution in [3.05, 3.63) is 28.2 Å². The number of hydrogen-bond donors (Lipinski definition) is 0. The molecular weight excluding hydrogens is 324 g/mol. The maximum absolute atomic E-state index is 11.9. The molecule has 7 heteroatoms. The van der Waals surface area contributed by atoms with Gasteiger partial charge < -0.3 is 4.74 Å². The highest BCUT2D eigenvalue weighted by Crippen LogP contribution is 2.28. The molecule has 0 aromatic heterocycles. The first-order valence-corrected chi connectivity index (χ1v) is 5.76. The smallest absolute Gasteiger partial charge is 0.406 e. The van der Waals surface area contributed by atoms with Crippen LogP contribution in [-0.2, 0) is 11.2 Å². The fraction of sp³-hybridized carbons (Fsp3) is 0.300. The Morgan fingerprint density at radius 3 is 2.53 bits per heavy atom. The van der Waals surface area contributed by atoms with E-state index in [1.165, 1.54) is 6.07 Å². The number of benzene rings is 1. The predicted molar refractivity (Wildman–Crippen MR) is 60.3 cm³/mol. The van der Waals surface area contributed by atoms with Crippen molar-refractivity contribution in [1.29, 1.82) is 0 Å². The first-order chi connectivity index (χ1) is 7.81. The van der Waals surface area contributed by atoms with Crippen LogP contribution in [0.3, 0.4) is 0 Å². The molecular formula is C10H7BrClF3O2. The van der Waals surface area contributed by atoms with E-state index >= 15 is 0 Å². The third-order valence-electron chi connectivity index (χ3n) is 1.79. The van der Waals surface area contributed by atoms with Crippen LogP contribution in [0.4, 0.5) is 13.2 Å². The van der Waals surface area contributed by atoms with Crippen molar-refractivity contribution in [2.75, 3.05) is 5.88 Å². The molecule has 0 bridgehead atoms. The Bertz CT molecular complexity index is 421. The molecule has 0 unspecified atom stereocenters. The van der Waals surface area contributed by atoms with Gasteiger partial charge in [0.2, 0.25) is 0 Å². The highest BCUT2D eigenvalue weighted by atomic mass is 79.9. The minimum atomic E-state index is -4.73. The molecule has 2 nitrogen and oxygen atoms in total. The highest BCUT2D eigenvalue weighted by Gasteiger charge is 2.31. The molecule has 0 heterocycles. The number of ketones is 1. The van der Waals surface area contributed by atoms with E-state index in [1.54, 1.807) is 0 Å². The Morgan fingerprint density at radius 2 is 2.06 bits per heavy atom. The summed E-state index contributed by atoms with van der Waals surface area (Å²) in [5, 5.41) is 0. The van der Waals surface area contributed by atoms with Crippen molar-refractivity contribution in [3.8, 4) is 5.75 Å². The molecule has 0 aliphatic carbocycles. The molecule has 0 radical (unpaired) electrons. The number of alkyl halides is 4. The minimum Gasteiger partial charge on any atom is -0.406 e.